The molecule has 0 bridgehead atoms. The highest BCUT2D eigenvalue weighted by atomic mass is 16.5. The van der Waals surface area contributed by atoms with Crippen LogP contribution in [0.5, 0.6) is 0 Å². The fourth-order valence-electron chi connectivity index (χ4n) is 1.70. The van der Waals surface area contributed by atoms with E-state index in [-0.39, 0.29) is 12.1 Å². The predicted molar refractivity (Wildman–Crippen MR) is 59.8 cm³/mol. The van der Waals surface area contributed by atoms with Gasteiger partial charge in [-0.1, -0.05) is 0 Å². The normalized spacial score (nSPS) is 23.9. The van der Waals surface area contributed by atoms with Crippen molar-refractivity contribution in [3.8, 4) is 0 Å². The summed E-state index contributed by atoms with van der Waals surface area (Å²) in [5.41, 5.74) is 5.66. The lowest BCUT2D eigenvalue weighted by atomic mass is 9.89. The second-order valence-electron chi connectivity index (χ2n) is 3.99. The molecule has 0 radical (unpaired) electrons. The van der Waals surface area contributed by atoms with Crippen molar-refractivity contribution in [2.24, 2.45) is 0 Å². The van der Waals surface area contributed by atoms with Crippen LogP contribution in [0.3, 0.4) is 0 Å². The number of aliphatic hydroxyl groups is 1. The van der Waals surface area contributed by atoms with Gasteiger partial charge in [-0.25, -0.2) is 9.97 Å². The average Bonchev–Trinajstić information content (AvgIpc) is 2.15. The molecule has 0 aliphatic heterocycles. The second kappa shape index (κ2) is 4.63. The summed E-state index contributed by atoms with van der Waals surface area (Å²) < 4.78 is 4.95. The Morgan fingerprint density at radius 1 is 1.56 bits per heavy atom. The van der Waals surface area contributed by atoms with Crippen molar-refractivity contribution in [3.05, 3.63) is 11.9 Å². The third-order valence-corrected chi connectivity index (χ3v) is 2.53. The summed E-state index contributed by atoms with van der Waals surface area (Å²) in [6, 6.07) is 1.96. The molecule has 0 saturated heterocycles. The van der Waals surface area contributed by atoms with Crippen LogP contribution < -0.4 is 11.1 Å². The van der Waals surface area contributed by atoms with Gasteiger partial charge in [0.15, 0.2) is 5.82 Å². The van der Waals surface area contributed by atoms with Crippen molar-refractivity contribution in [1.29, 1.82) is 0 Å². The first kappa shape index (κ1) is 11.1. The predicted octanol–water partition coefficient (Wildman–Crippen LogP) is 0.140. The van der Waals surface area contributed by atoms with Gasteiger partial charge in [-0.3, -0.25) is 0 Å². The SMILES string of the molecule is COCc1nc(N)cc(NC2CC(O)C2)n1. The van der Waals surface area contributed by atoms with Crippen LogP contribution in [0.4, 0.5) is 11.6 Å². The molecule has 16 heavy (non-hydrogen) atoms. The Labute approximate surface area is 93.9 Å². The van der Waals surface area contributed by atoms with E-state index in [0.29, 0.717) is 24.1 Å². The van der Waals surface area contributed by atoms with Crippen LogP contribution >= 0.6 is 0 Å². The minimum atomic E-state index is -0.185. The maximum Gasteiger partial charge on any atom is 0.158 e. The molecule has 88 valence electrons. The highest BCUT2D eigenvalue weighted by Gasteiger charge is 2.27. The van der Waals surface area contributed by atoms with E-state index in [1.165, 1.54) is 0 Å². The lowest BCUT2D eigenvalue weighted by Gasteiger charge is -2.32. The largest absolute Gasteiger partial charge is 0.393 e. The zero-order chi connectivity index (χ0) is 11.5. The van der Waals surface area contributed by atoms with Crippen LogP contribution in [0.25, 0.3) is 0 Å². The van der Waals surface area contributed by atoms with Gasteiger partial charge in [0, 0.05) is 19.2 Å². The number of methoxy groups -OCH3 is 1. The molecule has 4 N–H and O–H groups in total. The number of aromatic nitrogens is 2. The number of aliphatic hydroxyl groups excluding tert-OH is 1. The van der Waals surface area contributed by atoms with Gasteiger partial charge in [0.1, 0.15) is 18.2 Å². The molecule has 0 atom stereocenters. The summed E-state index contributed by atoms with van der Waals surface area (Å²) in [5, 5.41) is 12.4. The van der Waals surface area contributed by atoms with Crippen molar-refractivity contribution in [3.63, 3.8) is 0 Å². The maximum absolute atomic E-state index is 9.17. The van der Waals surface area contributed by atoms with Crippen LogP contribution in [-0.4, -0.2) is 34.3 Å². The lowest BCUT2D eigenvalue weighted by molar-refractivity contribution is 0.0835. The molecule has 1 heterocycles. The number of hydrogen-bond acceptors (Lipinski definition) is 6. The van der Waals surface area contributed by atoms with Gasteiger partial charge in [-0.2, -0.15) is 0 Å². The molecule has 1 aromatic rings. The summed E-state index contributed by atoms with van der Waals surface area (Å²) in [7, 11) is 1.59. The summed E-state index contributed by atoms with van der Waals surface area (Å²) >= 11 is 0. The minimum absolute atomic E-state index is 0.185. The zero-order valence-corrected chi connectivity index (χ0v) is 9.18. The molecule has 6 heteroatoms. The van der Waals surface area contributed by atoms with Crippen LogP contribution in [0.2, 0.25) is 0 Å². The van der Waals surface area contributed by atoms with E-state index in [4.69, 9.17) is 10.5 Å². The van der Waals surface area contributed by atoms with Gasteiger partial charge in [0.25, 0.3) is 0 Å². The monoisotopic (exact) mass is 224 g/mol. The molecule has 1 saturated carbocycles. The Kier molecular flexibility index (Phi) is 3.21. The third-order valence-electron chi connectivity index (χ3n) is 2.53. The van der Waals surface area contributed by atoms with E-state index < -0.39 is 0 Å². The molecule has 0 unspecified atom stereocenters. The van der Waals surface area contributed by atoms with Crippen molar-refractivity contribution >= 4 is 11.6 Å². The number of nitrogens with zero attached hydrogens (tertiary/aromatic N) is 2. The number of nitrogens with one attached hydrogen (secondary N) is 1. The number of nitrogen functional groups attached to an aromatic ring is 1. The molecule has 1 aliphatic carbocycles. The number of anilines is 2. The molecule has 1 aliphatic rings. The van der Waals surface area contributed by atoms with E-state index in [0.717, 1.165) is 12.8 Å². The van der Waals surface area contributed by atoms with E-state index in [9.17, 15) is 5.11 Å². The molecule has 1 fully saturated rings. The smallest absolute Gasteiger partial charge is 0.158 e. The molecule has 1 aromatic heterocycles. The Hall–Kier alpha value is -1.40. The molecule has 0 aromatic carbocycles. The number of rotatable bonds is 4. The van der Waals surface area contributed by atoms with Crippen molar-refractivity contribution in [2.45, 2.75) is 31.6 Å². The Balaban J connectivity index is 2.02. The van der Waals surface area contributed by atoms with Crippen LogP contribution in [0.1, 0.15) is 18.7 Å². The fourth-order valence-corrected chi connectivity index (χ4v) is 1.70. The van der Waals surface area contributed by atoms with Crippen molar-refractivity contribution < 1.29 is 9.84 Å². The fraction of sp³-hybridized carbons (Fsp3) is 0.600. The third kappa shape index (κ3) is 2.59. The van der Waals surface area contributed by atoms with Crippen LogP contribution in [-0.2, 0) is 11.3 Å². The topological polar surface area (TPSA) is 93.3 Å². The van der Waals surface area contributed by atoms with Crippen molar-refractivity contribution in [2.75, 3.05) is 18.2 Å². The van der Waals surface area contributed by atoms with E-state index in [2.05, 4.69) is 15.3 Å². The summed E-state index contributed by atoms with van der Waals surface area (Å²) in [5.74, 6) is 1.67. The Morgan fingerprint density at radius 3 is 2.94 bits per heavy atom. The Morgan fingerprint density at radius 2 is 2.31 bits per heavy atom. The standard InChI is InChI=1S/C10H16N4O2/c1-16-5-10-13-8(11)4-9(14-10)12-6-2-7(15)3-6/h4,6-7,15H,2-3,5H2,1H3,(H3,11,12,13,14). The van der Waals surface area contributed by atoms with Crippen molar-refractivity contribution in [1.82, 2.24) is 9.97 Å². The highest BCUT2D eigenvalue weighted by molar-refractivity contribution is 5.45. The molecule has 0 amide bonds. The van der Waals surface area contributed by atoms with Gasteiger partial charge in [-0.05, 0) is 12.8 Å². The first-order valence-corrected chi connectivity index (χ1v) is 5.24. The minimum Gasteiger partial charge on any atom is -0.393 e. The lowest BCUT2D eigenvalue weighted by Crippen LogP contribution is -2.39. The zero-order valence-electron chi connectivity index (χ0n) is 9.18. The molecule has 6 nitrogen and oxygen atoms in total. The summed E-state index contributed by atoms with van der Waals surface area (Å²) in [4.78, 5) is 8.30. The number of nitrogens with two attached hydrogens (primary N) is 1. The van der Waals surface area contributed by atoms with E-state index in [1.807, 2.05) is 0 Å². The maximum atomic E-state index is 9.17. The second-order valence-corrected chi connectivity index (χ2v) is 3.99. The number of ether oxygens (including phenoxy) is 1. The molecular formula is C10H16N4O2. The Bertz CT molecular complexity index is 366. The molecule has 0 spiro atoms. The van der Waals surface area contributed by atoms with Gasteiger partial charge in [0.2, 0.25) is 0 Å². The summed E-state index contributed by atoms with van der Waals surface area (Å²) in [6.45, 7) is 0.340. The molecule has 2 rings (SSSR count). The quantitative estimate of drug-likeness (QED) is 0.673. The number of hydrogen-bond donors (Lipinski definition) is 3. The van der Waals surface area contributed by atoms with Crippen LogP contribution in [0.15, 0.2) is 6.07 Å². The van der Waals surface area contributed by atoms with Gasteiger partial charge in [0.05, 0.1) is 6.10 Å². The van der Waals surface area contributed by atoms with Crippen LogP contribution in [0, 0.1) is 0 Å². The first-order valence-electron chi connectivity index (χ1n) is 5.24. The van der Waals surface area contributed by atoms with E-state index >= 15 is 0 Å². The average molecular weight is 224 g/mol. The van der Waals surface area contributed by atoms with E-state index in [1.54, 1.807) is 13.2 Å². The first-order chi connectivity index (χ1) is 7.67. The van der Waals surface area contributed by atoms with Gasteiger partial charge in [-0.15, -0.1) is 0 Å². The highest BCUT2D eigenvalue weighted by Crippen LogP contribution is 2.23. The molecular weight excluding hydrogens is 208 g/mol. The van der Waals surface area contributed by atoms with Gasteiger partial charge < -0.3 is 20.9 Å². The summed E-state index contributed by atoms with van der Waals surface area (Å²) in [6.07, 6.45) is 1.32. The van der Waals surface area contributed by atoms with Gasteiger partial charge >= 0.3 is 0 Å².